The van der Waals surface area contributed by atoms with Crippen LogP contribution in [0.3, 0.4) is 0 Å². The van der Waals surface area contributed by atoms with Crippen molar-refractivity contribution in [2.75, 3.05) is 14.2 Å². The molecule has 1 aliphatic heterocycles. The number of aromatic nitrogens is 2. The topological polar surface area (TPSA) is 87.3 Å². The highest BCUT2D eigenvalue weighted by molar-refractivity contribution is 5.80. The van der Waals surface area contributed by atoms with Gasteiger partial charge in [-0.3, -0.25) is 9.59 Å². The summed E-state index contributed by atoms with van der Waals surface area (Å²) in [6, 6.07) is 12.4. The molecule has 168 valence electrons. The molecule has 0 saturated carbocycles. The summed E-state index contributed by atoms with van der Waals surface area (Å²) in [6.07, 6.45) is 2.35. The van der Waals surface area contributed by atoms with Crippen LogP contribution in [0.25, 0.3) is 11.0 Å². The minimum Gasteiger partial charge on any atom is -0.494 e. The molecule has 2 aromatic carbocycles. The second-order valence-electron chi connectivity index (χ2n) is 8.42. The number of nitrogens with one attached hydrogen (secondary N) is 2. The van der Waals surface area contributed by atoms with Gasteiger partial charge in [-0.15, -0.1) is 0 Å². The number of hydrogen-bond donors (Lipinski definition) is 2. The van der Waals surface area contributed by atoms with E-state index in [-0.39, 0.29) is 24.0 Å². The second kappa shape index (κ2) is 8.98. The average molecular weight is 439 g/mol. The zero-order valence-corrected chi connectivity index (χ0v) is 18.3. The van der Waals surface area contributed by atoms with Crippen LogP contribution in [0.15, 0.2) is 42.5 Å². The molecule has 1 saturated heterocycles. The van der Waals surface area contributed by atoms with Gasteiger partial charge in [0.15, 0.2) is 11.6 Å². The van der Waals surface area contributed by atoms with Crippen LogP contribution in [-0.4, -0.2) is 46.4 Å². The van der Waals surface area contributed by atoms with Gasteiger partial charge in [-0.2, -0.15) is 0 Å². The number of aromatic amines is 1. The Morgan fingerprint density at radius 1 is 1.28 bits per heavy atom. The summed E-state index contributed by atoms with van der Waals surface area (Å²) in [5, 5.41) is 3.07. The van der Waals surface area contributed by atoms with Crippen molar-refractivity contribution >= 4 is 22.8 Å². The first-order valence-electron chi connectivity index (χ1n) is 10.7. The highest BCUT2D eigenvalue weighted by atomic mass is 19.1. The molecule has 2 N–H and O–H groups in total. The van der Waals surface area contributed by atoms with E-state index in [0.717, 1.165) is 22.4 Å². The molecule has 1 aromatic heterocycles. The monoisotopic (exact) mass is 438 g/mol. The summed E-state index contributed by atoms with van der Waals surface area (Å²) in [5.74, 6) is 0.418. The number of H-pyrrole nitrogens is 1. The molecule has 2 heterocycles. The SMILES string of the molecule is COc1cc(C[C@]2(CCC(=O)N(C)Cc3nc4ccccc4[nH]3)CCC(=O)N2)ccc1F. The first kappa shape index (κ1) is 21.8. The lowest BCUT2D eigenvalue weighted by Gasteiger charge is -2.30. The third-order valence-electron chi connectivity index (χ3n) is 6.06. The van der Waals surface area contributed by atoms with Gasteiger partial charge in [-0.1, -0.05) is 18.2 Å². The summed E-state index contributed by atoms with van der Waals surface area (Å²) < 4.78 is 18.9. The van der Waals surface area contributed by atoms with Crippen LogP contribution in [0, 0.1) is 5.82 Å². The van der Waals surface area contributed by atoms with E-state index in [1.54, 1.807) is 24.1 Å². The Morgan fingerprint density at radius 2 is 2.09 bits per heavy atom. The number of amides is 2. The summed E-state index contributed by atoms with van der Waals surface area (Å²) in [6.45, 7) is 0.377. The first-order chi connectivity index (χ1) is 15.4. The Kier molecular flexibility index (Phi) is 6.12. The molecule has 7 nitrogen and oxygen atoms in total. The maximum Gasteiger partial charge on any atom is 0.222 e. The molecule has 0 bridgehead atoms. The number of para-hydroxylation sites is 2. The van der Waals surface area contributed by atoms with E-state index >= 15 is 0 Å². The van der Waals surface area contributed by atoms with E-state index in [0.29, 0.717) is 32.2 Å². The number of hydrogen-bond acceptors (Lipinski definition) is 4. The lowest BCUT2D eigenvalue weighted by Crippen LogP contribution is -2.44. The van der Waals surface area contributed by atoms with Gasteiger partial charge in [0, 0.05) is 25.4 Å². The van der Waals surface area contributed by atoms with Crippen LogP contribution in [0.2, 0.25) is 0 Å². The predicted molar refractivity (Wildman–Crippen MR) is 119 cm³/mol. The molecule has 8 heteroatoms. The number of fused-ring (bicyclic) bond motifs is 1. The minimum atomic E-state index is -0.532. The lowest BCUT2D eigenvalue weighted by atomic mass is 9.84. The van der Waals surface area contributed by atoms with Crippen molar-refractivity contribution in [1.29, 1.82) is 0 Å². The third-order valence-corrected chi connectivity index (χ3v) is 6.06. The van der Waals surface area contributed by atoms with Gasteiger partial charge in [0.1, 0.15) is 5.82 Å². The maximum absolute atomic E-state index is 13.8. The van der Waals surface area contributed by atoms with Crippen LogP contribution >= 0.6 is 0 Å². The molecule has 3 aromatic rings. The number of rotatable bonds is 8. The fourth-order valence-corrected chi connectivity index (χ4v) is 4.32. The van der Waals surface area contributed by atoms with Crippen molar-refractivity contribution in [2.45, 2.75) is 44.2 Å². The van der Waals surface area contributed by atoms with E-state index in [1.165, 1.54) is 13.2 Å². The van der Waals surface area contributed by atoms with E-state index in [4.69, 9.17) is 4.74 Å². The number of nitrogens with zero attached hydrogens (tertiary/aromatic N) is 2. The molecule has 0 radical (unpaired) electrons. The molecule has 2 amide bonds. The van der Waals surface area contributed by atoms with Crippen molar-refractivity contribution in [3.8, 4) is 5.75 Å². The minimum absolute atomic E-state index is 0.0253. The number of ether oxygens (including phenoxy) is 1. The predicted octanol–water partition coefficient (Wildman–Crippen LogP) is 3.34. The number of carbonyl (C=O) groups excluding carboxylic acids is 2. The summed E-state index contributed by atoms with van der Waals surface area (Å²) >= 11 is 0. The molecule has 1 atom stereocenters. The fourth-order valence-electron chi connectivity index (χ4n) is 4.32. The average Bonchev–Trinajstić information content (AvgIpc) is 3.36. The number of imidazole rings is 1. The molecule has 0 spiro atoms. The van der Waals surface area contributed by atoms with Crippen LogP contribution < -0.4 is 10.1 Å². The smallest absolute Gasteiger partial charge is 0.222 e. The Labute approximate surface area is 186 Å². The number of methoxy groups -OCH3 is 1. The number of benzene rings is 2. The molecule has 0 unspecified atom stereocenters. The van der Waals surface area contributed by atoms with E-state index in [9.17, 15) is 14.0 Å². The highest BCUT2D eigenvalue weighted by Gasteiger charge is 2.38. The number of halogens is 1. The van der Waals surface area contributed by atoms with Gasteiger partial charge in [0.05, 0.1) is 24.7 Å². The van der Waals surface area contributed by atoms with Crippen LogP contribution in [0.4, 0.5) is 4.39 Å². The molecule has 1 aliphatic rings. The van der Waals surface area contributed by atoms with E-state index in [2.05, 4.69) is 15.3 Å². The summed E-state index contributed by atoms with van der Waals surface area (Å²) in [4.78, 5) is 34.3. The molecular weight excluding hydrogens is 411 g/mol. The molecule has 0 aliphatic carbocycles. The van der Waals surface area contributed by atoms with Gasteiger partial charge in [-0.25, -0.2) is 9.37 Å². The van der Waals surface area contributed by atoms with Gasteiger partial charge in [-0.05, 0) is 49.1 Å². The van der Waals surface area contributed by atoms with Crippen molar-refractivity contribution in [3.63, 3.8) is 0 Å². The van der Waals surface area contributed by atoms with Crippen LogP contribution in [0.1, 0.15) is 37.1 Å². The van der Waals surface area contributed by atoms with Crippen molar-refractivity contribution in [3.05, 3.63) is 59.7 Å². The maximum atomic E-state index is 13.8. The largest absolute Gasteiger partial charge is 0.494 e. The van der Waals surface area contributed by atoms with Gasteiger partial charge in [0.25, 0.3) is 0 Å². The Balaban J connectivity index is 1.41. The standard InChI is InChI=1S/C24H27FN4O3/c1-29(15-21-26-18-5-3-4-6-19(18)27-21)23(31)10-12-24(11-9-22(30)28-24)14-16-7-8-17(25)20(13-16)32-2/h3-8,13H,9-12,14-15H2,1-2H3,(H,26,27)(H,28,30)/t24-/m1/s1. The molecule has 1 fully saturated rings. The second-order valence-corrected chi connectivity index (χ2v) is 8.42. The van der Waals surface area contributed by atoms with Gasteiger partial charge in [0.2, 0.25) is 11.8 Å². The Morgan fingerprint density at radius 3 is 2.81 bits per heavy atom. The van der Waals surface area contributed by atoms with Crippen molar-refractivity contribution < 1.29 is 18.7 Å². The van der Waals surface area contributed by atoms with Gasteiger partial charge < -0.3 is 19.9 Å². The first-order valence-corrected chi connectivity index (χ1v) is 10.7. The summed E-state index contributed by atoms with van der Waals surface area (Å²) in [5.41, 5.74) is 2.13. The molecular formula is C24H27FN4O3. The van der Waals surface area contributed by atoms with E-state index in [1.807, 2.05) is 24.3 Å². The molecule has 32 heavy (non-hydrogen) atoms. The lowest BCUT2D eigenvalue weighted by molar-refractivity contribution is -0.131. The van der Waals surface area contributed by atoms with Gasteiger partial charge >= 0.3 is 0 Å². The van der Waals surface area contributed by atoms with Crippen LogP contribution in [0.5, 0.6) is 5.75 Å². The van der Waals surface area contributed by atoms with Crippen molar-refractivity contribution in [1.82, 2.24) is 20.2 Å². The fraction of sp³-hybridized carbons (Fsp3) is 0.375. The third kappa shape index (κ3) is 4.74. The number of carbonyl (C=O) groups is 2. The summed E-state index contributed by atoms with van der Waals surface area (Å²) in [7, 11) is 3.17. The quantitative estimate of drug-likeness (QED) is 0.565. The Bertz CT molecular complexity index is 1110. The molecule has 4 rings (SSSR count). The van der Waals surface area contributed by atoms with Crippen LogP contribution in [-0.2, 0) is 22.6 Å². The zero-order chi connectivity index (χ0) is 22.7. The zero-order valence-electron chi connectivity index (χ0n) is 18.3. The normalized spacial score (nSPS) is 18.0. The highest BCUT2D eigenvalue weighted by Crippen LogP contribution is 2.31. The van der Waals surface area contributed by atoms with E-state index < -0.39 is 11.4 Å². The Hall–Kier alpha value is -3.42. The van der Waals surface area contributed by atoms with Crippen molar-refractivity contribution in [2.24, 2.45) is 0 Å².